The van der Waals surface area contributed by atoms with Crippen LogP contribution in [0.4, 0.5) is 11.4 Å². The van der Waals surface area contributed by atoms with E-state index in [-0.39, 0.29) is 42.1 Å². The molecule has 0 saturated heterocycles. The van der Waals surface area contributed by atoms with E-state index in [4.69, 9.17) is 20.1 Å². The molecule has 4 amide bonds. The Labute approximate surface area is 405 Å². The van der Waals surface area contributed by atoms with Gasteiger partial charge in [-0.1, -0.05) is 39.8 Å². The third-order valence-electron chi connectivity index (χ3n) is 11.8. The molecule has 0 aliphatic heterocycles. The van der Waals surface area contributed by atoms with Crippen LogP contribution in [0.3, 0.4) is 0 Å². The summed E-state index contributed by atoms with van der Waals surface area (Å²) in [5, 5.41) is 19.7. The molecule has 10 rings (SSSR count). The third-order valence-corrected chi connectivity index (χ3v) is 11.8. The van der Waals surface area contributed by atoms with Crippen molar-refractivity contribution < 1.29 is 19.2 Å². The molecule has 5 N–H and O–H groups in total. The molecule has 0 atom stereocenters. The second-order valence-corrected chi connectivity index (χ2v) is 18.3. The first kappa shape index (κ1) is 45.6. The number of benzene rings is 2. The maximum Gasteiger partial charge on any atom is 0.257 e. The summed E-state index contributed by atoms with van der Waals surface area (Å²) in [6.07, 6.45) is 10.4. The lowest BCUT2D eigenvalue weighted by molar-refractivity contribution is -0.119. The van der Waals surface area contributed by atoms with Gasteiger partial charge in [-0.25, -0.2) is 24.6 Å². The van der Waals surface area contributed by atoms with Crippen molar-refractivity contribution in [1.82, 2.24) is 69.6 Å². The van der Waals surface area contributed by atoms with E-state index in [1.165, 1.54) is 9.80 Å². The van der Waals surface area contributed by atoms with E-state index in [2.05, 4.69) is 45.8 Å². The first-order chi connectivity index (χ1) is 34.2. The molecule has 0 saturated carbocycles. The van der Waals surface area contributed by atoms with Gasteiger partial charge in [0.15, 0.2) is 22.9 Å². The molecule has 8 aromatic heterocycles. The molecule has 0 aliphatic rings. The van der Waals surface area contributed by atoms with Gasteiger partial charge in [-0.15, -0.1) is 0 Å². The van der Waals surface area contributed by atoms with E-state index in [9.17, 15) is 19.2 Å². The fourth-order valence-corrected chi connectivity index (χ4v) is 8.28. The Hall–Kier alpha value is -9.20. The van der Waals surface area contributed by atoms with Crippen LogP contribution in [0.25, 0.3) is 89.4 Å². The van der Waals surface area contributed by atoms with Crippen molar-refractivity contribution in [3.63, 3.8) is 0 Å². The van der Waals surface area contributed by atoms with Gasteiger partial charge in [0.2, 0.25) is 11.8 Å². The fraction of sp³-hybridized carbons (Fsp3) is 0.216. The van der Waals surface area contributed by atoms with Crippen LogP contribution >= 0.6 is 0 Å². The summed E-state index contributed by atoms with van der Waals surface area (Å²) >= 11 is 0. The van der Waals surface area contributed by atoms with Crippen molar-refractivity contribution in [3.8, 4) is 45.3 Å². The smallest absolute Gasteiger partial charge is 0.257 e. The van der Waals surface area contributed by atoms with Gasteiger partial charge in [0.05, 0.1) is 56.7 Å². The van der Waals surface area contributed by atoms with Gasteiger partial charge in [-0.2, -0.15) is 10.2 Å². The Kier molecular flexibility index (Phi) is 11.8. The zero-order valence-corrected chi connectivity index (χ0v) is 39.9. The van der Waals surface area contributed by atoms with Gasteiger partial charge >= 0.3 is 0 Å². The molecule has 0 spiro atoms. The summed E-state index contributed by atoms with van der Waals surface area (Å²) in [5.41, 5.74) is 8.90. The van der Waals surface area contributed by atoms with Crippen LogP contribution in [0.1, 0.15) is 54.8 Å². The van der Waals surface area contributed by atoms with E-state index < -0.39 is 0 Å². The Balaban J connectivity index is 0.980. The maximum atomic E-state index is 14.6. The van der Waals surface area contributed by atoms with Crippen LogP contribution in [0.15, 0.2) is 97.8 Å². The highest BCUT2D eigenvalue weighted by Crippen LogP contribution is 2.34. The highest BCUT2D eigenvalue weighted by Gasteiger charge is 2.25. The van der Waals surface area contributed by atoms with E-state index in [0.717, 1.165) is 11.1 Å². The van der Waals surface area contributed by atoms with E-state index >= 15 is 0 Å². The lowest BCUT2D eigenvalue weighted by Crippen LogP contribution is -2.29. The highest BCUT2D eigenvalue weighted by molar-refractivity contribution is 6.07. The van der Waals surface area contributed by atoms with E-state index in [1.54, 1.807) is 87.3 Å². The van der Waals surface area contributed by atoms with Crippen LogP contribution in [0.5, 0.6) is 0 Å². The molecule has 71 heavy (non-hydrogen) atoms. The Morgan fingerprint density at radius 3 is 1.86 bits per heavy atom. The monoisotopic (exact) mass is 948 g/mol. The Bertz CT molecular complexity index is 3730. The molecule has 2 aromatic carbocycles. The number of imidazole rings is 2. The van der Waals surface area contributed by atoms with Crippen LogP contribution in [-0.4, -0.2) is 114 Å². The number of fused-ring (bicyclic) bond motifs is 4. The summed E-state index contributed by atoms with van der Waals surface area (Å²) < 4.78 is 1.63. The summed E-state index contributed by atoms with van der Waals surface area (Å²) in [6.45, 7) is 7.59. The summed E-state index contributed by atoms with van der Waals surface area (Å²) in [6, 6.07) is 18.2. The fourth-order valence-electron chi connectivity index (χ4n) is 8.28. The Morgan fingerprint density at radius 2 is 1.24 bits per heavy atom. The largest absolute Gasteiger partial charge is 0.345 e. The molecule has 0 radical (unpaired) electrons. The van der Waals surface area contributed by atoms with Crippen LogP contribution in [0, 0.1) is 11.8 Å². The van der Waals surface area contributed by atoms with Crippen molar-refractivity contribution in [3.05, 3.63) is 109 Å². The lowest BCUT2D eigenvalue weighted by Gasteiger charge is -2.17. The number of H-pyrrole nitrogens is 3. The number of nitrogens with zero attached hydrogens (tertiary/aromatic N) is 11. The molecule has 20 nitrogen and oxygen atoms in total. The zero-order chi connectivity index (χ0) is 49.7. The van der Waals surface area contributed by atoms with E-state index in [0.29, 0.717) is 107 Å². The molecule has 10 aromatic rings. The molecular weight excluding hydrogens is 901 g/mol. The topological polar surface area (TPSA) is 254 Å². The van der Waals surface area contributed by atoms with Gasteiger partial charge < -0.3 is 30.4 Å². The number of carbonyl (C=O) groups excluding carboxylic acids is 4. The number of amides is 4. The maximum absolute atomic E-state index is 14.6. The predicted octanol–water partition coefficient (Wildman–Crippen LogP) is 7.92. The molecule has 8 heterocycles. The number of hydrogen-bond acceptors (Lipinski definition) is 12. The summed E-state index contributed by atoms with van der Waals surface area (Å²) in [7, 11) is 5.05. The molecule has 0 unspecified atom stereocenters. The van der Waals surface area contributed by atoms with Crippen LogP contribution < -0.4 is 10.6 Å². The number of rotatable bonds is 13. The lowest BCUT2D eigenvalue weighted by atomic mass is 10.1. The first-order valence-corrected chi connectivity index (χ1v) is 22.9. The molecule has 0 aliphatic carbocycles. The standard InChI is InChI=1S/C51H48N16O4/c1-26(2)14-40(68)56-32-15-28(19-52-23-32)30-17-36-43(62-63-45(36)54-21-30)46-58-39-13-9-11-35(42(39)60-46)51(71)66(7)25-67-48-37(18-31(22-55-48)29-16-33(24-53-20-29)57-49(69)27(3)4)44(64-67)47-59-38-12-8-10-34(41(38)61-47)50(70)65(5)6/h8-13,15-24,26-27H,14,25H2,1-7H3,(H,56,68)(H,57,69)(H,58,60)(H,59,61)(H,54,62,63). The molecule has 20 heteroatoms. The zero-order valence-electron chi connectivity index (χ0n) is 39.9. The van der Waals surface area contributed by atoms with Crippen molar-refractivity contribution in [2.45, 2.75) is 40.8 Å². The second kappa shape index (κ2) is 18.4. The van der Waals surface area contributed by atoms with Crippen LogP contribution in [-0.2, 0) is 16.3 Å². The van der Waals surface area contributed by atoms with Gasteiger partial charge in [-0.05, 0) is 54.4 Å². The van der Waals surface area contributed by atoms with Crippen LogP contribution in [0.2, 0.25) is 0 Å². The van der Waals surface area contributed by atoms with Gasteiger partial charge in [-0.3, -0.25) is 34.2 Å². The SMILES string of the molecule is CC(C)CC(=O)Nc1cncc(-c2cnc3[nH]nc(-c4nc5c(C(=O)N(C)Cn6nc(-c7nc8c(C(=O)N(C)C)cccc8[nH]7)c7cc(-c8cncc(NC(=O)C(C)C)c8)cnc76)cccc5[nH]4)c3c2)c1. The molecule has 356 valence electrons. The highest BCUT2D eigenvalue weighted by atomic mass is 16.2. The number of pyridine rings is 4. The Morgan fingerprint density at radius 1 is 0.662 bits per heavy atom. The quantitative estimate of drug-likeness (QED) is 0.0739. The van der Waals surface area contributed by atoms with E-state index in [1.807, 2.05) is 64.1 Å². The third kappa shape index (κ3) is 8.89. The number of hydrogen-bond donors (Lipinski definition) is 5. The van der Waals surface area contributed by atoms with Crippen molar-refractivity contribution in [2.24, 2.45) is 11.8 Å². The summed E-state index contributed by atoms with van der Waals surface area (Å²) in [5.74, 6) is 0.0490. The van der Waals surface area contributed by atoms with Gasteiger partial charge in [0.25, 0.3) is 11.8 Å². The summed E-state index contributed by atoms with van der Waals surface area (Å²) in [4.78, 5) is 90.6. The normalized spacial score (nSPS) is 11.6. The van der Waals surface area contributed by atoms with Gasteiger partial charge in [0, 0.05) is 80.5 Å². The van der Waals surface area contributed by atoms with Crippen molar-refractivity contribution >= 4 is 79.1 Å². The number of aromatic amines is 3. The number of nitrogens with one attached hydrogen (secondary N) is 5. The van der Waals surface area contributed by atoms with Gasteiger partial charge in [0.1, 0.15) is 29.1 Å². The minimum absolute atomic E-state index is 0.0197. The predicted molar refractivity (Wildman–Crippen MR) is 270 cm³/mol. The minimum Gasteiger partial charge on any atom is -0.345 e. The number of anilines is 2. The average Bonchev–Trinajstić information content (AvgIpc) is 4.17. The van der Waals surface area contributed by atoms with Crippen molar-refractivity contribution in [1.29, 1.82) is 0 Å². The molecule has 0 fully saturated rings. The molecular formula is C51H48N16O4. The van der Waals surface area contributed by atoms with Crippen molar-refractivity contribution in [2.75, 3.05) is 31.8 Å². The number of aromatic nitrogens is 12. The second-order valence-electron chi connectivity index (χ2n) is 18.3. The minimum atomic E-state index is -0.332. The number of para-hydroxylation sites is 2. The average molecular weight is 949 g/mol. The number of carbonyl (C=O) groups is 4. The first-order valence-electron chi connectivity index (χ1n) is 22.9. The molecule has 0 bridgehead atoms.